The fourth-order valence-electron chi connectivity index (χ4n) is 3.31. The van der Waals surface area contributed by atoms with Crippen LogP contribution in [0.3, 0.4) is 0 Å². The van der Waals surface area contributed by atoms with E-state index in [1.807, 2.05) is 30.3 Å². The van der Waals surface area contributed by atoms with Gasteiger partial charge in [0.1, 0.15) is 0 Å². The molecule has 126 valence electrons. The molecule has 0 aliphatic heterocycles. The molecule has 0 radical (unpaired) electrons. The Morgan fingerprint density at radius 2 is 1.88 bits per heavy atom. The molecule has 1 amide bonds. The van der Waals surface area contributed by atoms with Crippen LogP contribution in [0, 0.1) is 5.92 Å². The van der Waals surface area contributed by atoms with Gasteiger partial charge in [-0.25, -0.2) is 4.79 Å². The van der Waals surface area contributed by atoms with E-state index in [0.717, 1.165) is 17.3 Å². The predicted octanol–water partition coefficient (Wildman–Crippen LogP) is 3.30. The molecule has 1 N–H and O–H groups in total. The molecular weight excluding hydrogens is 316 g/mol. The number of esters is 1. The first-order valence-electron chi connectivity index (χ1n) is 8.23. The molecule has 2 atom stereocenters. The quantitative estimate of drug-likeness (QED) is 0.745. The Balaban J connectivity index is 1.54. The molecular formula is C20H18N2O3. The van der Waals surface area contributed by atoms with Gasteiger partial charge in [0.05, 0.1) is 18.2 Å². The molecule has 25 heavy (non-hydrogen) atoms. The summed E-state index contributed by atoms with van der Waals surface area (Å²) in [7, 11) is 1.36. The summed E-state index contributed by atoms with van der Waals surface area (Å²) in [5.41, 5.74) is 5.40. The Hall–Kier alpha value is -3.08. The molecule has 1 saturated carbocycles. The van der Waals surface area contributed by atoms with Gasteiger partial charge in [0.25, 0.3) is 0 Å². The third-order valence-corrected chi connectivity index (χ3v) is 4.72. The number of hydrogen-bond acceptors (Lipinski definition) is 3. The number of carbonyl (C=O) groups is 2. The number of nitrogens with zero attached hydrogens (tertiary/aromatic N) is 1. The molecule has 1 aliphatic rings. The lowest BCUT2D eigenvalue weighted by Gasteiger charge is -2.09. The molecule has 2 aromatic carbocycles. The molecule has 3 aromatic rings. The lowest BCUT2D eigenvalue weighted by atomic mass is 10.1. The van der Waals surface area contributed by atoms with Crippen LogP contribution in [-0.4, -0.2) is 23.7 Å². The van der Waals surface area contributed by atoms with Crippen LogP contribution in [0.2, 0.25) is 0 Å². The van der Waals surface area contributed by atoms with Crippen molar-refractivity contribution in [1.29, 1.82) is 0 Å². The van der Waals surface area contributed by atoms with E-state index in [0.29, 0.717) is 5.56 Å². The van der Waals surface area contributed by atoms with E-state index in [9.17, 15) is 9.59 Å². The van der Waals surface area contributed by atoms with Gasteiger partial charge in [-0.2, -0.15) is 0 Å². The number of nitrogens with one attached hydrogen (secondary N) is 1. The fourth-order valence-corrected chi connectivity index (χ4v) is 3.31. The molecule has 0 saturated heterocycles. The van der Waals surface area contributed by atoms with Crippen LogP contribution < -0.4 is 5.43 Å². The SMILES string of the molecule is COC(=O)c1cccc2c1ccn2NC(=O)C1CC1c1ccccc1. The number of methoxy groups -OCH3 is 1. The maximum atomic E-state index is 12.6. The fraction of sp³-hybridized carbons (Fsp3) is 0.200. The van der Waals surface area contributed by atoms with Crippen molar-refractivity contribution < 1.29 is 14.3 Å². The van der Waals surface area contributed by atoms with E-state index in [4.69, 9.17) is 4.74 Å². The van der Waals surface area contributed by atoms with Crippen LogP contribution in [0.5, 0.6) is 0 Å². The summed E-state index contributed by atoms with van der Waals surface area (Å²) in [6.07, 6.45) is 2.62. The minimum Gasteiger partial charge on any atom is -0.465 e. The number of amides is 1. The second-order valence-electron chi connectivity index (χ2n) is 6.25. The number of fused-ring (bicyclic) bond motifs is 1. The molecule has 1 aromatic heterocycles. The van der Waals surface area contributed by atoms with Crippen molar-refractivity contribution in [3.63, 3.8) is 0 Å². The summed E-state index contributed by atoms with van der Waals surface area (Å²) < 4.78 is 6.48. The number of aromatic nitrogens is 1. The van der Waals surface area contributed by atoms with Crippen molar-refractivity contribution in [3.8, 4) is 0 Å². The summed E-state index contributed by atoms with van der Waals surface area (Å²) in [4.78, 5) is 24.4. The molecule has 4 rings (SSSR count). The summed E-state index contributed by atoms with van der Waals surface area (Å²) in [5, 5.41) is 0.755. The van der Waals surface area contributed by atoms with Gasteiger partial charge in [0.15, 0.2) is 0 Å². The number of carbonyl (C=O) groups excluding carboxylic acids is 2. The predicted molar refractivity (Wildman–Crippen MR) is 94.9 cm³/mol. The molecule has 0 bridgehead atoms. The molecule has 1 heterocycles. The highest BCUT2D eigenvalue weighted by Gasteiger charge is 2.44. The van der Waals surface area contributed by atoms with Gasteiger partial charge in [-0.05, 0) is 36.1 Å². The normalized spacial score (nSPS) is 18.8. The first kappa shape index (κ1) is 15.4. The maximum absolute atomic E-state index is 12.6. The van der Waals surface area contributed by atoms with Crippen LogP contribution in [0.1, 0.15) is 28.3 Å². The van der Waals surface area contributed by atoms with E-state index in [1.54, 1.807) is 23.0 Å². The zero-order valence-corrected chi connectivity index (χ0v) is 13.8. The van der Waals surface area contributed by atoms with Crippen LogP contribution >= 0.6 is 0 Å². The average molecular weight is 334 g/mol. The van der Waals surface area contributed by atoms with Gasteiger partial charge in [0, 0.05) is 17.5 Å². The number of rotatable bonds is 4. The van der Waals surface area contributed by atoms with Crippen molar-refractivity contribution in [1.82, 2.24) is 4.68 Å². The second-order valence-corrected chi connectivity index (χ2v) is 6.25. The number of ether oxygens (including phenoxy) is 1. The smallest absolute Gasteiger partial charge is 0.338 e. The minimum absolute atomic E-state index is 0.00479. The largest absolute Gasteiger partial charge is 0.465 e. The van der Waals surface area contributed by atoms with Crippen LogP contribution in [0.4, 0.5) is 0 Å². The standard InChI is InChI=1S/C20H18N2O3/c1-25-20(24)15-8-5-9-18-14(15)10-11-22(18)21-19(23)17-12-16(17)13-6-3-2-4-7-13/h2-11,16-17H,12H2,1H3,(H,21,23). The molecule has 5 nitrogen and oxygen atoms in total. The lowest BCUT2D eigenvalue weighted by Crippen LogP contribution is -2.24. The van der Waals surface area contributed by atoms with Gasteiger partial charge in [-0.15, -0.1) is 0 Å². The van der Waals surface area contributed by atoms with E-state index < -0.39 is 0 Å². The van der Waals surface area contributed by atoms with Crippen molar-refractivity contribution in [2.45, 2.75) is 12.3 Å². The Morgan fingerprint density at radius 3 is 2.64 bits per heavy atom. The van der Waals surface area contributed by atoms with Crippen molar-refractivity contribution in [3.05, 3.63) is 71.9 Å². The van der Waals surface area contributed by atoms with Crippen LogP contribution in [-0.2, 0) is 9.53 Å². The highest BCUT2D eigenvalue weighted by molar-refractivity contribution is 6.04. The zero-order chi connectivity index (χ0) is 17.4. The van der Waals surface area contributed by atoms with E-state index in [2.05, 4.69) is 17.6 Å². The topological polar surface area (TPSA) is 60.3 Å². The van der Waals surface area contributed by atoms with E-state index >= 15 is 0 Å². The third-order valence-electron chi connectivity index (χ3n) is 4.72. The van der Waals surface area contributed by atoms with E-state index in [1.165, 1.54) is 12.7 Å². The number of benzene rings is 2. The molecule has 2 unspecified atom stereocenters. The summed E-state index contributed by atoms with van der Waals surface area (Å²) in [6, 6.07) is 17.3. The lowest BCUT2D eigenvalue weighted by molar-refractivity contribution is -0.118. The first-order chi connectivity index (χ1) is 12.2. The highest BCUT2D eigenvalue weighted by atomic mass is 16.5. The van der Waals surface area contributed by atoms with E-state index in [-0.39, 0.29) is 23.7 Å². The molecule has 1 aliphatic carbocycles. The maximum Gasteiger partial charge on any atom is 0.338 e. The summed E-state index contributed by atoms with van der Waals surface area (Å²) in [5.74, 6) is -0.117. The Labute approximate surface area is 145 Å². The van der Waals surface area contributed by atoms with Crippen LogP contribution in [0.15, 0.2) is 60.8 Å². The Bertz CT molecular complexity index is 946. The molecule has 1 fully saturated rings. The van der Waals surface area contributed by atoms with Gasteiger partial charge in [-0.1, -0.05) is 36.4 Å². The summed E-state index contributed by atoms with van der Waals surface area (Å²) in [6.45, 7) is 0. The van der Waals surface area contributed by atoms with Gasteiger partial charge in [-0.3, -0.25) is 14.9 Å². The average Bonchev–Trinajstić information content (AvgIpc) is 3.37. The van der Waals surface area contributed by atoms with Crippen molar-refractivity contribution in [2.75, 3.05) is 12.5 Å². The Kier molecular flexibility index (Phi) is 3.76. The highest BCUT2D eigenvalue weighted by Crippen LogP contribution is 2.47. The van der Waals surface area contributed by atoms with Crippen LogP contribution in [0.25, 0.3) is 10.9 Å². The van der Waals surface area contributed by atoms with Crippen molar-refractivity contribution >= 4 is 22.8 Å². The monoisotopic (exact) mass is 334 g/mol. The molecule has 0 spiro atoms. The van der Waals surface area contributed by atoms with Gasteiger partial charge >= 0.3 is 5.97 Å². The minimum atomic E-state index is -0.388. The summed E-state index contributed by atoms with van der Waals surface area (Å²) >= 11 is 0. The first-order valence-corrected chi connectivity index (χ1v) is 8.23. The third kappa shape index (κ3) is 2.78. The number of hydrogen-bond donors (Lipinski definition) is 1. The Morgan fingerprint density at radius 1 is 1.08 bits per heavy atom. The second kappa shape index (κ2) is 6.09. The van der Waals surface area contributed by atoms with Gasteiger partial charge < -0.3 is 4.74 Å². The van der Waals surface area contributed by atoms with Crippen molar-refractivity contribution in [2.24, 2.45) is 5.92 Å². The molecule has 5 heteroatoms. The zero-order valence-electron chi connectivity index (χ0n) is 13.8. The van der Waals surface area contributed by atoms with Gasteiger partial charge in [0.2, 0.25) is 5.91 Å².